The Kier molecular flexibility index (Phi) is 20.5. The summed E-state index contributed by atoms with van der Waals surface area (Å²) in [6.45, 7) is 15.6. The van der Waals surface area contributed by atoms with Gasteiger partial charge in [0.05, 0.1) is 40.7 Å². The maximum absolute atomic E-state index is 13.0. The number of ether oxygens (including phenoxy) is 4. The van der Waals surface area contributed by atoms with Crippen LogP contribution in [0.2, 0.25) is 5.02 Å². The number of carbonyl (C=O) groups excluding carboxylic acids is 1. The predicted molar refractivity (Wildman–Crippen MR) is 205 cm³/mol. The van der Waals surface area contributed by atoms with E-state index < -0.39 is 11.7 Å². The van der Waals surface area contributed by atoms with Gasteiger partial charge in [-0.05, 0) is 119 Å². The molecule has 4 rings (SSSR count). The summed E-state index contributed by atoms with van der Waals surface area (Å²) >= 11 is 7.10. The van der Waals surface area contributed by atoms with Gasteiger partial charge in [0, 0.05) is 25.2 Å². The summed E-state index contributed by atoms with van der Waals surface area (Å²) in [5.74, 6) is 1.62. The van der Waals surface area contributed by atoms with Crippen LogP contribution >= 0.6 is 22.9 Å². The number of unbranched alkanes of at least 4 members (excludes halogenated alkanes) is 1. The van der Waals surface area contributed by atoms with Crippen LogP contribution in [0, 0.1) is 12.8 Å². The molecule has 0 aliphatic carbocycles. The lowest BCUT2D eigenvalue weighted by Crippen LogP contribution is -2.34. The van der Waals surface area contributed by atoms with E-state index in [1.807, 2.05) is 19.1 Å². The molecule has 0 bridgehead atoms. The van der Waals surface area contributed by atoms with E-state index in [9.17, 15) is 18.0 Å². The van der Waals surface area contributed by atoms with Gasteiger partial charge in [0.15, 0.2) is 11.4 Å². The highest BCUT2D eigenvalue weighted by molar-refractivity contribution is 7.22. The summed E-state index contributed by atoms with van der Waals surface area (Å²) in [6.07, 6.45) is 4.41. The molecule has 1 saturated heterocycles. The number of aryl methyl sites for hydroxylation is 3. The first-order valence-electron chi connectivity index (χ1n) is 18.2. The van der Waals surface area contributed by atoms with Crippen LogP contribution in [0.5, 0.6) is 5.75 Å². The maximum atomic E-state index is 13.0. The smallest absolute Gasteiger partial charge is 0.416 e. The third-order valence-electron chi connectivity index (χ3n) is 8.43. The van der Waals surface area contributed by atoms with Gasteiger partial charge in [-0.2, -0.15) is 13.2 Å². The molecule has 1 aliphatic heterocycles. The molecule has 3 aromatic rings. The van der Waals surface area contributed by atoms with E-state index in [0.29, 0.717) is 59.0 Å². The molecule has 52 heavy (non-hydrogen) atoms. The van der Waals surface area contributed by atoms with Gasteiger partial charge in [0.25, 0.3) is 0 Å². The average molecular weight is 775 g/mol. The summed E-state index contributed by atoms with van der Waals surface area (Å²) in [6, 6.07) is 6.06. The van der Waals surface area contributed by atoms with Crippen LogP contribution in [-0.4, -0.2) is 61.4 Å². The van der Waals surface area contributed by atoms with Crippen LogP contribution in [0.3, 0.4) is 0 Å². The number of aromatic nitrogens is 1. The van der Waals surface area contributed by atoms with E-state index in [2.05, 4.69) is 51.8 Å². The van der Waals surface area contributed by atoms with Gasteiger partial charge in [-0.3, -0.25) is 4.79 Å². The van der Waals surface area contributed by atoms with Crippen molar-refractivity contribution in [2.45, 2.75) is 137 Å². The Labute approximate surface area is 316 Å². The number of methoxy groups -OCH3 is 1. The molecule has 1 unspecified atom stereocenters. The number of hydrogen-bond donors (Lipinski definition) is 2. The van der Waals surface area contributed by atoms with E-state index in [1.165, 1.54) is 6.42 Å². The first kappa shape index (κ1) is 45.7. The van der Waals surface area contributed by atoms with Crippen LogP contribution in [0.25, 0.3) is 10.2 Å². The van der Waals surface area contributed by atoms with Crippen molar-refractivity contribution in [1.29, 1.82) is 0 Å². The molecule has 0 spiro atoms. The standard InChI is InChI=1S/C15H21ClO3.C14H15F3N2O2S.C10H22O/c1-3-11-8-12(16)7-10(2)15(11)19-14-6-4-5-13(9-17)18-14;1-21-5-3-2-4-9-6-10(14(15,16)17)7-11-12(9)19-13(22-11)18-8-20;1-6-9(4)11-10(5)7-8(2)3/h7-8,13-14,17H,3-6,9H2,1-2H3;6-8H,2-5H2,1H3,(H,18,19,20);8-10H,6-7H2,1-5H3/t13?,14-;;9-,10+/m0.1/s1. The third kappa shape index (κ3) is 15.9. The van der Waals surface area contributed by atoms with Crippen molar-refractivity contribution >= 4 is 44.7 Å². The Balaban J connectivity index is 0.000000286. The zero-order chi connectivity index (χ0) is 38.8. The fourth-order valence-electron chi connectivity index (χ4n) is 5.79. The molecule has 2 N–H and O–H groups in total. The number of nitrogens with zero attached hydrogens (tertiary/aromatic N) is 1. The fraction of sp³-hybridized carbons (Fsp3) is 0.641. The maximum Gasteiger partial charge on any atom is 0.416 e. The molecule has 1 aliphatic rings. The largest absolute Gasteiger partial charge is 0.464 e. The van der Waals surface area contributed by atoms with E-state index in [0.717, 1.165) is 89.8 Å². The molecule has 0 radical (unpaired) electrons. The molecule has 294 valence electrons. The van der Waals surface area contributed by atoms with Crippen molar-refractivity contribution in [1.82, 2.24) is 4.98 Å². The van der Waals surface area contributed by atoms with Gasteiger partial charge >= 0.3 is 6.18 Å². The SMILES string of the molecule is CC[C@@H](C)O[C@@H](C)CC(C)C.CCc1cc(Cl)cc(C)c1O[C@H]1CCCC(CO)O1.COCCCCc1cc(C(F)(F)F)cc2sc(NC=O)nc12. The minimum absolute atomic E-state index is 0.0556. The van der Waals surface area contributed by atoms with Gasteiger partial charge < -0.3 is 29.4 Å². The van der Waals surface area contributed by atoms with E-state index in [-0.39, 0.29) is 19.0 Å². The van der Waals surface area contributed by atoms with Crippen LogP contribution in [-0.2, 0) is 38.0 Å². The Hall–Kier alpha value is -2.48. The first-order chi connectivity index (χ1) is 24.6. The van der Waals surface area contributed by atoms with Crippen LogP contribution < -0.4 is 10.1 Å². The Morgan fingerprint density at radius 2 is 1.83 bits per heavy atom. The number of aliphatic hydroxyl groups excluding tert-OH is 1. The second-order valence-corrected chi connectivity index (χ2v) is 15.0. The monoisotopic (exact) mass is 774 g/mol. The number of aliphatic hydroxyl groups is 1. The number of fused-ring (bicyclic) bond motifs is 1. The number of nitrogens with one attached hydrogen (secondary N) is 1. The van der Waals surface area contributed by atoms with Gasteiger partial charge in [-0.1, -0.05) is 50.6 Å². The van der Waals surface area contributed by atoms with Crippen molar-refractivity contribution in [3.05, 3.63) is 51.5 Å². The number of carbonyl (C=O) groups is 1. The number of benzene rings is 2. The second-order valence-electron chi connectivity index (χ2n) is 13.5. The van der Waals surface area contributed by atoms with E-state index in [4.69, 9.17) is 35.7 Å². The van der Waals surface area contributed by atoms with Crippen LogP contribution in [0.1, 0.15) is 109 Å². The summed E-state index contributed by atoms with van der Waals surface area (Å²) in [4.78, 5) is 14.7. The van der Waals surface area contributed by atoms with Gasteiger partial charge in [0.1, 0.15) is 5.75 Å². The van der Waals surface area contributed by atoms with Crippen molar-refractivity contribution < 1.29 is 42.0 Å². The van der Waals surface area contributed by atoms with Crippen molar-refractivity contribution in [3.63, 3.8) is 0 Å². The minimum atomic E-state index is -4.41. The Morgan fingerprint density at radius 1 is 1.10 bits per heavy atom. The Bertz CT molecular complexity index is 1490. The Morgan fingerprint density at radius 3 is 2.42 bits per heavy atom. The molecule has 8 nitrogen and oxygen atoms in total. The van der Waals surface area contributed by atoms with Gasteiger partial charge in [0.2, 0.25) is 6.41 Å². The lowest BCUT2D eigenvalue weighted by Gasteiger charge is -2.30. The van der Waals surface area contributed by atoms with Crippen molar-refractivity contribution in [3.8, 4) is 5.75 Å². The van der Waals surface area contributed by atoms with Crippen molar-refractivity contribution in [2.75, 3.05) is 25.6 Å². The first-order valence-corrected chi connectivity index (χ1v) is 19.4. The summed E-state index contributed by atoms with van der Waals surface area (Å²) in [7, 11) is 1.58. The molecule has 1 fully saturated rings. The summed E-state index contributed by atoms with van der Waals surface area (Å²) < 4.78 is 61.7. The zero-order valence-corrected chi connectivity index (χ0v) is 33.5. The topological polar surface area (TPSA) is 99.1 Å². The molecular formula is C39H58ClF3N2O6S. The number of amides is 1. The molecule has 4 atom stereocenters. The lowest BCUT2D eigenvalue weighted by atomic mass is 10.0. The number of hydrogen-bond acceptors (Lipinski definition) is 8. The van der Waals surface area contributed by atoms with E-state index >= 15 is 0 Å². The molecular weight excluding hydrogens is 717 g/mol. The zero-order valence-electron chi connectivity index (χ0n) is 31.9. The third-order valence-corrected chi connectivity index (χ3v) is 9.58. The van der Waals surface area contributed by atoms with Crippen LogP contribution in [0.4, 0.5) is 18.3 Å². The minimum Gasteiger partial charge on any atom is -0.464 e. The second kappa shape index (κ2) is 23.3. The highest BCUT2D eigenvalue weighted by atomic mass is 35.5. The number of rotatable bonds is 16. The highest BCUT2D eigenvalue weighted by Crippen LogP contribution is 2.37. The number of anilines is 1. The quantitative estimate of drug-likeness (QED) is 0.110. The number of thiazole rings is 1. The van der Waals surface area contributed by atoms with Gasteiger partial charge in [-0.15, -0.1) is 0 Å². The van der Waals surface area contributed by atoms with Crippen LogP contribution in [0.15, 0.2) is 24.3 Å². The molecule has 2 aromatic carbocycles. The average Bonchev–Trinajstić information content (AvgIpc) is 3.50. The predicted octanol–water partition coefficient (Wildman–Crippen LogP) is 10.6. The normalized spacial score (nSPS) is 17.1. The molecule has 13 heteroatoms. The molecule has 2 heterocycles. The van der Waals surface area contributed by atoms with Gasteiger partial charge in [-0.25, -0.2) is 4.98 Å². The van der Waals surface area contributed by atoms with Crippen molar-refractivity contribution in [2.24, 2.45) is 5.92 Å². The molecule has 0 saturated carbocycles. The number of alkyl halides is 3. The van der Waals surface area contributed by atoms with E-state index in [1.54, 1.807) is 7.11 Å². The lowest BCUT2D eigenvalue weighted by molar-refractivity contribution is -0.158. The summed E-state index contributed by atoms with van der Waals surface area (Å²) in [5, 5.41) is 12.6. The molecule has 1 amide bonds. The highest BCUT2D eigenvalue weighted by Gasteiger charge is 2.32. The fourth-order valence-corrected chi connectivity index (χ4v) is 6.99. The number of halogens is 4. The summed E-state index contributed by atoms with van der Waals surface area (Å²) in [5.41, 5.74) is 2.48. The molecule has 1 aromatic heterocycles.